The molecule has 5 N–H and O–H groups in total. The first-order chi connectivity index (χ1) is 19.8. The Morgan fingerprint density at radius 2 is 1.86 bits per heavy atom. The first-order valence-corrected chi connectivity index (χ1v) is 13.9. The maximum atomic E-state index is 13.8. The van der Waals surface area contributed by atoms with Gasteiger partial charge in [0.1, 0.15) is 16.8 Å². The van der Waals surface area contributed by atoms with Gasteiger partial charge in [0.2, 0.25) is 5.91 Å². The number of carbonyl (C=O) groups is 2. The zero-order valence-corrected chi connectivity index (χ0v) is 24.5. The summed E-state index contributed by atoms with van der Waals surface area (Å²) < 4.78 is 68.5. The maximum Gasteiger partial charge on any atom is 0.433 e. The number of aromatic nitrogens is 1. The van der Waals surface area contributed by atoms with Crippen molar-refractivity contribution >= 4 is 56.8 Å². The van der Waals surface area contributed by atoms with Crippen molar-refractivity contribution in [1.29, 1.82) is 5.41 Å². The van der Waals surface area contributed by atoms with Crippen LogP contribution in [0.1, 0.15) is 32.4 Å². The van der Waals surface area contributed by atoms with Crippen LogP contribution in [0.2, 0.25) is 5.02 Å². The molecule has 2 aliphatic rings. The minimum absolute atomic E-state index is 0.000101. The molecule has 16 heteroatoms. The van der Waals surface area contributed by atoms with Crippen LogP contribution >= 0.6 is 23.2 Å². The van der Waals surface area contributed by atoms with E-state index in [0.29, 0.717) is 0 Å². The van der Waals surface area contributed by atoms with Gasteiger partial charge in [0.25, 0.3) is 11.8 Å². The number of aliphatic hydroxyl groups is 1. The van der Waals surface area contributed by atoms with E-state index in [0.717, 1.165) is 17.2 Å². The van der Waals surface area contributed by atoms with Crippen LogP contribution in [0.3, 0.4) is 0 Å². The van der Waals surface area contributed by atoms with Crippen molar-refractivity contribution in [2.45, 2.75) is 56.5 Å². The van der Waals surface area contributed by atoms with E-state index in [2.05, 4.69) is 20.9 Å². The summed E-state index contributed by atoms with van der Waals surface area (Å²) in [6.07, 6.45) is -4.19. The lowest BCUT2D eigenvalue weighted by molar-refractivity contribution is -0.141. The van der Waals surface area contributed by atoms with Gasteiger partial charge in [-0.25, -0.2) is 13.8 Å². The van der Waals surface area contributed by atoms with E-state index in [1.807, 2.05) is 0 Å². The number of pyridine rings is 1. The molecule has 43 heavy (non-hydrogen) atoms. The van der Waals surface area contributed by atoms with Gasteiger partial charge in [0.15, 0.2) is 0 Å². The maximum absolute atomic E-state index is 13.8. The van der Waals surface area contributed by atoms with Crippen LogP contribution < -0.4 is 16.0 Å². The summed E-state index contributed by atoms with van der Waals surface area (Å²) in [5, 5.41) is 25.8. The molecule has 3 atom stereocenters. The van der Waals surface area contributed by atoms with Crippen LogP contribution in [0.25, 0.3) is 10.9 Å². The fraction of sp³-hybridized carbons (Fsp3) is 0.481. The number of nitrogens with one attached hydrogen (secondary N) is 4. The molecule has 2 fully saturated rings. The second kappa shape index (κ2) is 12.0. The summed E-state index contributed by atoms with van der Waals surface area (Å²) >= 11 is 11.9. The first-order valence-electron chi connectivity index (χ1n) is 13.2. The Hall–Kier alpha value is -3.23. The Kier molecular flexibility index (Phi) is 9.15. The number of alkyl halides is 5. The third kappa shape index (κ3) is 8.24. The molecule has 4 rings (SSSR count). The highest BCUT2D eigenvalue weighted by Crippen LogP contribution is 2.49. The largest absolute Gasteiger partial charge is 0.433 e. The van der Waals surface area contributed by atoms with Crippen LogP contribution in [0.4, 0.5) is 27.6 Å². The summed E-state index contributed by atoms with van der Waals surface area (Å²) in [6.45, 7) is 2.75. The number of nitrogens with zero attached hydrogens (tertiary/aromatic N) is 2. The smallest absolute Gasteiger partial charge is 0.389 e. The number of hydrogen-bond acceptors (Lipinski definition) is 7. The first kappa shape index (κ1) is 32.7. The van der Waals surface area contributed by atoms with E-state index in [9.17, 15) is 36.6 Å². The van der Waals surface area contributed by atoms with Crippen molar-refractivity contribution < 1.29 is 36.6 Å². The van der Waals surface area contributed by atoms with Crippen molar-refractivity contribution in [1.82, 2.24) is 20.5 Å². The quantitative estimate of drug-likeness (QED) is 0.154. The second-order valence-corrected chi connectivity index (χ2v) is 12.1. The van der Waals surface area contributed by atoms with Gasteiger partial charge in [-0.15, -0.1) is 0 Å². The van der Waals surface area contributed by atoms with Crippen molar-refractivity contribution in [2.24, 2.45) is 5.92 Å². The predicted molar refractivity (Wildman–Crippen MR) is 151 cm³/mol. The Labute approximate surface area is 253 Å². The number of likely N-dealkylation sites (tertiary alicyclic amines) is 1. The molecule has 0 spiro atoms. The number of anilines is 1. The van der Waals surface area contributed by atoms with Crippen LogP contribution in [0.15, 0.2) is 36.0 Å². The van der Waals surface area contributed by atoms with Gasteiger partial charge in [0.05, 0.1) is 16.7 Å². The minimum Gasteiger partial charge on any atom is -0.389 e. The van der Waals surface area contributed by atoms with Gasteiger partial charge >= 0.3 is 6.18 Å². The molecule has 1 aliphatic carbocycles. The second-order valence-electron chi connectivity index (χ2n) is 11.3. The molecule has 0 unspecified atom stereocenters. The average molecular weight is 651 g/mol. The van der Waals surface area contributed by atoms with Gasteiger partial charge < -0.3 is 26.0 Å². The fourth-order valence-corrected chi connectivity index (χ4v) is 5.08. The van der Waals surface area contributed by atoms with Gasteiger partial charge in [-0.1, -0.05) is 23.2 Å². The topological polar surface area (TPSA) is 130 Å². The molecule has 1 saturated carbocycles. The Morgan fingerprint density at radius 3 is 2.44 bits per heavy atom. The SMILES string of the molecule is CC(C)(O)CN/C=C(\C(=N)Cl)C(=O)N[C@H]1C[C@@H](Nc2cc(C(F)(F)F)nc3ccc(Cl)cc23)CN(C(=O)[C@H]2CC2(F)F)C1. The number of amides is 2. The van der Waals surface area contributed by atoms with E-state index in [-0.39, 0.29) is 53.2 Å². The summed E-state index contributed by atoms with van der Waals surface area (Å²) in [5.41, 5.74) is -2.61. The minimum atomic E-state index is -4.78. The zero-order chi connectivity index (χ0) is 31.9. The van der Waals surface area contributed by atoms with E-state index in [1.54, 1.807) is 0 Å². The van der Waals surface area contributed by atoms with Crippen molar-refractivity contribution in [3.63, 3.8) is 0 Å². The third-order valence-electron chi connectivity index (χ3n) is 6.90. The number of fused-ring (bicyclic) bond motifs is 1. The summed E-state index contributed by atoms with van der Waals surface area (Å²) in [5.74, 6) is -6.36. The lowest BCUT2D eigenvalue weighted by Crippen LogP contribution is -2.56. The third-order valence-corrected chi connectivity index (χ3v) is 7.34. The highest BCUT2D eigenvalue weighted by Gasteiger charge is 2.62. The summed E-state index contributed by atoms with van der Waals surface area (Å²) in [4.78, 5) is 30.8. The van der Waals surface area contributed by atoms with E-state index in [4.69, 9.17) is 28.6 Å². The highest BCUT2D eigenvalue weighted by atomic mass is 35.5. The molecule has 0 radical (unpaired) electrons. The van der Waals surface area contributed by atoms with Gasteiger partial charge in [-0.3, -0.25) is 15.0 Å². The monoisotopic (exact) mass is 650 g/mol. The lowest BCUT2D eigenvalue weighted by Gasteiger charge is -2.39. The number of piperidine rings is 1. The molecule has 1 aromatic heterocycles. The molecule has 1 saturated heterocycles. The van der Waals surface area contributed by atoms with Crippen molar-refractivity contribution in [3.05, 3.63) is 46.8 Å². The molecule has 2 aromatic rings. The molecule has 2 amide bonds. The molecule has 1 aliphatic heterocycles. The van der Waals surface area contributed by atoms with E-state index in [1.165, 1.54) is 32.0 Å². The number of rotatable bonds is 9. The average Bonchev–Trinajstić information content (AvgIpc) is 3.52. The predicted octanol–water partition coefficient (Wildman–Crippen LogP) is 4.52. The molecular formula is C27H29Cl2F5N6O3. The molecule has 2 heterocycles. The Balaban J connectivity index is 1.62. The van der Waals surface area contributed by atoms with Crippen LogP contribution in [-0.4, -0.2) is 75.2 Å². The lowest BCUT2D eigenvalue weighted by atomic mass is 9.98. The van der Waals surface area contributed by atoms with Crippen molar-refractivity contribution in [2.75, 3.05) is 25.0 Å². The highest BCUT2D eigenvalue weighted by molar-refractivity contribution is 6.71. The van der Waals surface area contributed by atoms with E-state index >= 15 is 0 Å². The molecule has 1 aromatic carbocycles. The van der Waals surface area contributed by atoms with Crippen molar-refractivity contribution in [3.8, 4) is 0 Å². The van der Waals surface area contributed by atoms with Gasteiger partial charge in [0, 0.05) is 60.4 Å². The Bertz CT molecular complexity index is 1460. The van der Waals surface area contributed by atoms with Crippen LogP contribution in [-0.2, 0) is 15.8 Å². The molecular weight excluding hydrogens is 622 g/mol. The number of benzene rings is 1. The normalized spacial score (nSPS) is 22.2. The summed E-state index contributed by atoms with van der Waals surface area (Å²) in [7, 11) is 0. The van der Waals surface area contributed by atoms with Crippen LogP contribution in [0, 0.1) is 11.3 Å². The van der Waals surface area contributed by atoms with Gasteiger partial charge in [-0.05, 0) is 44.5 Å². The molecule has 0 bridgehead atoms. The Morgan fingerprint density at radius 1 is 1.21 bits per heavy atom. The molecule has 9 nitrogen and oxygen atoms in total. The van der Waals surface area contributed by atoms with E-state index < -0.39 is 64.8 Å². The molecule has 234 valence electrons. The zero-order valence-electron chi connectivity index (χ0n) is 23.0. The summed E-state index contributed by atoms with van der Waals surface area (Å²) in [6, 6.07) is 3.28. The number of hydrogen-bond donors (Lipinski definition) is 5. The number of halogens is 7. The van der Waals surface area contributed by atoms with Crippen LogP contribution in [0.5, 0.6) is 0 Å². The standard InChI is InChI=1S/C27H29Cl2F5N6O3/c1-25(2,43)12-36-9-17(22(29)35)23(41)38-15-6-14(10-40(11-15)24(42)18-8-26(18,30)31)37-20-7-21(27(32,33)34)39-19-4-3-13(28)5-16(19)20/h3-5,7,9,14-15,18,35-36,43H,6,8,10-12H2,1-2H3,(H,37,39)(H,38,41)/b17-9+,35-22?/t14-,15+,18-/m1/s1. The number of carbonyl (C=O) groups excluding carboxylic acids is 2. The van der Waals surface area contributed by atoms with Gasteiger partial charge in [-0.2, -0.15) is 13.2 Å². The fourth-order valence-electron chi connectivity index (χ4n) is 4.77.